The lowest BCUT2D eigenvalue weighted by Gasteiger charge is -2.34. The molecule has 0 spiro atoms. The molecule has 0 aromatic heterocycles. The van der Waals surface area contributed by atoms with Crippen molar-refractivity contribution in [1.82, 2.24) is 4.90 Å². The molecule has 3 unspecified atom stereocenters. The number of hydrogen-bond donors (Lipinski definition) is 1. The van der Waals surface area contributed by atoms with Crippen molar-refractivity contribution in [2.24, 2.45) is 0 Å². The van der Waals surface area contributed by atoms with Crippen molar-refractivity contribution >= 4 is 0 Å². The first-order chi connectivity index (χ1) is 7.86. The minimum atomic E-state index is 0.0969. The van der Waals surface area contributed by atoms with Gasteiger partial charge in [-0.05, 0) is 38.6 Å². The van der Waals surface area contributed by atoms with Crippen LogP contribution in [0.2, 0.25) is 0 Å². The maximum Gasteiger partial charge on any atom is 0.0748 e. The lowest BCUT2D eigenvalue weighted by atomic mass is 9.93. The van der Waals surface area contributed by atoms with Crippen LogP contribution in [0.15, 0.2) is 0 Å². The molecule has 0 saturated carbocycles. The van der Waals surface area contributed by atoms with E-state index in [9.17, 15) is 5.11 Å². The average Bonchev–Trinajstić information content (AvgIpc) is 2.87. The molecule has 3 heteroatoms. The Morgan fingerprint density at radius 3 is 2.94 bits per heavy atom. The first kappa shape index (κ1) is 12.3. The number of hydrogen-bond acceptors (Lipinski definition) is 3. The van der Waals surface area contributed by atoms with Gasteiger partial charge in [-0.1, -0.05) is 13.8 Å². The minimum absolute atomic E-state index is 0.0969. The second kappa shape index (κ2) is 5.03. The first-order valence-electron chi connectivity index (χ1n) is 6.85. The molecular weight excluding hydrogens is 202 g/mol. The quantitative estimate of drug-likeness (QED) is 0.741. The van der Waals surface area contributed by atoms with Gasteiger partial charge in [0.15, 0.2) is 0 Å². The van der Waals surface area contributed by atoms with E-state index < -0.39 is 0 Å². The molecule has 3 aliphatic heterocycles. The normalized spacial score (nSPS) is 42.2. The zero-order chi connectivity index (χ0) is 11.6. The monoisotopic (exact) mass is 227 g/mol. The summed E-state index contributed by atoms with van der Waals surface area (Å²) in [4.78, 5) is 2.54. The van der Waals surface area contributed by atoms with E-state index in [1.54, 1.807) is 0 Å². The number of rotatable bonds is 1. The average molecular weight is 227 g/mol. The van der Waals surface area contributed by atoms with Crippen LogP contribution >= 0.6 is 0 Å². The fourth-order valence-electron chi connectivity index (χ4n) is 3.68. The molecule has 0 aromatic rings. The van der Waals surface area contributed by atoms with Gasteiger partial charge < -0.3 is 9.84 Å². The van der Waals surface area contributed by atoms with Gasteiger partial charge in [-0.25, -0.2) is 0 Å². The highest BCUT2D eigenvalue weighted by Crippen LogP contribution is 2.45. The van der Waals surface area contributed by atoms with Crippen molar-refractivity contribution in [2.75, 3.05) is 19.8 Å². The number of aliphatic hydroxyl groups is 1. The summed E-state index contributed by atoms with van der Waals surface area (Å²) in [5.41, 5.74) is 0.0969. The van der Waals surface area contributed by atoms with Crippen molar-refractivity contribution in [1.29, 1.82) is 0 Å². The van der Waals surface area contributed by atoms with Crippen LogP contribution in [-0.2, 0) is 4.74 Å². The Morgan fingerprint density at radius 2 is 2.19 bits per heavy atom. The molecule has 3 aliphatic rings. The highest BCUT2D eigenvalue weighted by molar-refractivity contribution is 5.09. The third-order valence-electron chi connectivity index (χ3n) is 4.33. The third kappa shape index (κ3) is 1.79. The Bertz CT molecular complexity index is 234. The van der Waals surface area contributed by atoms with Crippen molar-refractivity contribution in [3.05, 3.63) is 0 Å². The van der Waals surface area contributed by atoms with Gasteiger partial charge in [-0.15, -0.1) is 0 Å². The zero-order valence-corrected chi connectivity index (χ0v) is 10.6. The van der Waals surface area contributed by atoms with Crippen LogP contribution in [-0.4, -0.2) is 47.4 Å². The van der Waals surface area contributed by atoms with Gasteiger partial charge in [0.25, 0.3) is 0 Å². The maximum atomic E-state index is 9.58. The fraction of sp³-hybridized carbons (Fsp3) is 1.00. The van der Waals surface area contributed by atoms with Crippen molar-refractivity contribution < 1.29 is 9.84 Å². The van der Waals surface area contributed by atoms with E-state index in [1.807, 2.05) is 13.8 Å². The van der Waals surface area contributed by atoms with Crippen LogP contribution in [0.1, 0.15) is 46.0 Å². The zero-order valence-electron chi connectivity index (χ0n) is 10.6. The van der Waals surface area contributed by atoms with E-state index in [0.29, 0.717) is 18.8 Å². The molecule has 16 heavy (non-hydrogen) atoms. The van der Waals surface area contributed by atoms with Crippen LogP contribution in [0.5, 0.6) is 0 Å². The van der Waals surface area contributed by atoms with E-state index >= 15 is 0 Å². The topological polar surface area (TPSA) is 32.7 Å². The third-order valence-corrected chi connectivity index (χ3v) is 4.33. The molecule has 3 fully saturated rings. The molecule has 3 rings (SSSR count). The Hall–Kier alpha value is -0.120. The summed E-state index contributed by atoms with van der Waals surface area (Å²) >= 11 is 0. The Balaban J connectivity index is 0.000000457. The van der Waals surface area contributed by atoms with Gasteiger partial charge in [0.2, 0.25) is 0 Å². The van der Waals surface area contributed by atoms with E-state index in [0.717, 1.165) is 13.0 Å². The lowest BCUT2D eigenvalue weighted by Crippen LogP contribution is -2.46. The standard InChI is InChI=1S/C11H19NO2.C2H6/c13-8-11-4-2-5-12(11)9-3-1-6-14-10(9)7-11;1-2/h9-10,13H,1-8H2;1-2H3. The molecule has 3 nitrogen and oxygen atoms in total. The maximum absolute atomic E-state index is 9.58. The van der Waals surface area contributed by atoms with Crippen LogP contribution in [0.25, 0.3) is 0 Å². The first-order valence-corrected chi connectivity index (χ1v) is 6.85. The van der Waals surface area contributed by atoms with Gasteiger partial charge in [-0.3, -0.25) is 4.90 Å². The van der Waals surface area contributed by atoms with Crippen LogP contribution in [0, 0.1) is 0 Å². The summed E-state index contributed by atoms with van der Waals surface area (Å²) in [5, 5.41) is 9.58. The van der Waals surface area contributed by atoms with Gasteiger partial charge in [0, 0.05) is 18.2 Å². The number of aliphatic hydroxyl groups excluding tert-OH is 1. The predicted molar refractivity (Wildman–Crippen MR) is 64.5 cm³/mol. The van der Waals surface area contributed by atoms with Crippen LogP contribution in [0.4, 0.5) is 0 Å². The van der Waals surface area contributed by atoms with Crippen molar-refractivity contribution in [2.45, 2.75) is 63.6 Å². The fourth-order valence-corrected chi connectivity index (χ4v) is 3.68. The summed E-state index contributed by atoms with van der Waals surface area (Å²) in [7, 11) is 0. The van der Waals surface area contributed by atoms with E-state index in [4.69, 9.17) is 4.74 Å². The number of fused-ring (bicyclic) bond motifs is 3. The van der Waals surface area contributed by atoms with Gasteiger partial charge in [0.05, 0.1) is 12.7 Å². The number of nitrogens with zero attached hydrogens (tertiary/aromatic N) is 1. The molecular formula is C13H25NO2. The molecule has 0 bridgehead atoms. The molecule has 0 amide bonds. The summed E-state index contributed by atoms with van der Waals surface area (Å²) in [5.74, 6) is 0. The molecule has 94 valence electrons. The summed E-state index contributed by atoms with van der Waals surface area (Å²) < 4.78 is 5.81. The van der Waals surface area contributed by atoms with Gasteiger partial charge in [0.1, 0.15) is 0 Å². The molecule has 3 atom stereocenters. The Kier molecular flexibility index (Phi) is 3.88. The van der Waals surface area contributed by atoms with Gasteiger partial charge >= 0.3 is 0 Å². The predicted octanol–water partition coefficient (Wildman–Crippen LogP) is 1.79. The highest BCUT2D eigenvalue weighted by Gasteiger charge is 2.54. The van der Waals surface area contributed by atoms with Crippen LogP contribution in [0.3, 0.4) is 0 Å². The van der Waals surface area contributed by atoms with Gasteiger partial charge in [-0.2, -0.15) is 0 Å². The van der Waals surface area contributed by atoms with E-state index in [1.165, 1.54) is 32.2 Å². The largest absolute Gasteiger partial charge is 0.394 e. The van der Waals surface area contributed by atoms with E-state index in [-0.39, 0.29) is 5.54 Å². The van der Waals surface area contributed by atoms with Crippen molar-refractivity contribution in [3.8, 4) is 0 Å². The molecule has 0 aromatic carbocycles. The van der Waals surface area contributed by atoms with Crippen LogP contribution < -0.4 is 0 Å². The number of ether oxygens (including phenoxy) is 1. The van der Waals surface area contributed by atoms with Crippen molar-refractivity contribution in [3.63, 3.8) is 0 Å². The second-order valence-electron chi connectivity index (χ2n) is 5.00. The molecule has 0 radical (unpaired) electrons. The summed E-state index contributed by atoms with van der Waals surface area (Å²) in [6.07, 6.45) is 6.36. The Morgan fingerprint density at radius 1 is 1.38 bits per heavy atom. The highest BCUT2D eigenvalue weighted by atomic mass is 16.5. The van der Waals surface area contributed by atoms with E-state index in [2.05, 4.69) is 4.90 Å². The molecule has 1 N–H and O–H groups in total. The Labute approximate surface area is 98.8 Å². The minimum Gasteiger partial charge on any atom is -0.394 e. The molecule has 3 saturated heterocycles. The SMILES string of the molecule is CC.OCC12CCCN1C1CCCOC1C2. The molecule has 0 aliphatic carbocycles. The smallest absolute Gasteiger partial charge is 0.0748 e. The molecule has 3 heterocycles. The second-order valence-corrected chi connectivity index (χ2v) is 5.00. The summed E-state index contributed by atoms with van der Waals surface area (Å²) in [6, 6.07) is 0.610. The lowest BCUT2D eigenvalue weighted by molar-refractivity contribution is -0.0119. The summed E-state index contributed by atoms with van der Waals surface area (Å²) in [6.45, 7) is 6.42.